The minimum Gasteiger partial charge on any atom is -0.465 e. The van der Waals surface area contributed by atoms with Gasteiger partial charge in [0.2, 0.25) is 0 Å². The van der Waals surface area contributed by atoms with E-state index in [-0.39, 0.29) is 21.8 Å². The van der Waals surface area contributed by atoms with Gasteiger partial charge in [-0.15, -0.1) is 0 Å². The fourth-order valence-electron chi connectivity index (χ4n) is 2.45. The number of sulfone groups is 1. The van der Waals surface area contributed by atoms with Gasteiger partial charge in [-0.3, -0.25) is 0 Å². The van der Waals surface area contributed by atoms with Crippen LogP contribution in [-0.2, 0) is 19.3 Å². The Morgan fingerprint density at radius 2 is 1.57 bits per heavy atom. The quantitative estimate of drug-likeness (QED) is 0.680. The van der Waals surface area contributed by atoms with E-state index < -0.39 is 21.8 Å². The van der Waals surface area contributed by atoms with Crippen LogP contribution < -0.4 is 4.74 Å². The Hall–Kier alpha value is -3.13. The van der Waals surface area contributed by atoms with Gasteiger partial charge in [0.25, 0.3) is 0 Å². The minimum atomic E-state index is -3.34. The highest BCUT2D eigenvalue weighted by Gasteiger charge is 2.20. The fraction of sp³-hybridized carbons (Fsp3) is 0.200. The minimum absolute atomic E-state index is 0.110. The van der Waals surface area contributed by atoms with E-state index in [1.54, 1.807) is 19.1 Å². The first-order valence-electron chi connectivity index (χ1n) is 8.16. The number of ether oxygens (including phenoxy) is 3. The van der Waals surface area contributed by atoms with E-state index in [4.69, 9.17) is 14.2 Å². The van der Waals surface area contributed by atoms with E-state index in [1.165, 1.54) is 50.6 Å². The molecule has 28 heavy (non-hydrogen) atoms. The van der Waals surface area contributed by atoms with Gasteiger partial charge in [0.05, 0.1) is 30.2 Å². The number of benzene rings is 2. The van der Waals surface area contributed by atoms with Gasteiger partial charge in [0.15, 0.2) is 9.84 Å². The predicted octanol–water partition coefficient (Wildman–Crippen LogP) is 3.49. The fourth-order valence-corrected chi connectivity index (χ4v) is 3.08. The molecule has 0 fully saturated rings. The Morgan fingerprint density at radius 3 is 2.07 bits per heavy atom. The number of esters is 2. The maximum atomic E-state index is 12.2. The molecule has 0 aliphatic carbocycles. The van der Waals surface area contributed by atoms with Crippen LogP contribution >= 0.6 is 0 Å². The Bertz CT molecular complexity index is 1020. The number of methoxy groups -OCH3 is 2. The first-order chi connectivity index (χ1) is 13.2. The van der Waals surface area contributed by atoms with Gasteiger partial charge in [-0.2, -0.15) is 0 Å². The molecule has 2 aromatic carbocycles. The SMILES string of the molecule is C/C=C/c1c(Oc2ccc(S(C)(=O)=O)cc2)cc(C(=O)OC)cc1C(=O)OC. The van der Waals surface area contributed by atoms with E-state index in [1.807, 2.05) is 0 Å². The lowest BCUT2D eigenvalue weighted by molar-refractivity contribution is 0.0598. The summed E-state index contributed by atoms with van der Waals surface area (Å²) in [5, 5.41) is 0. The summed E-state index contributed by atoms with van der Waals surface area (Å²) in [7, 11) is -0.881. The smallest absolute Gasteiger partial charge is 0.338 e. The largest absolute Gasteiger partial charge is 0.465 e. The molecule has 0 amide bonds. The van der Waals surface area contributed by atoms with Crippen LogP contribution in [0.2, 0.25) is 0 Å². The highest BCUT2D eigenvalue weighted by molar-refractivity contribution is 7.90. The molecule has 0 saturated heterocycles. The number of rotatable bonds is 6. The summed E-state index contributed by atoms with van der Waals surface area (Å²) in [6, 6.07) is 8.60. The number of hydrogen-bond acceptors (Lipinski definition) is 7. The third-order valence-corrected chi connectivity index (χ3v) is 4.91. The van der Waals surface area contributed by atoms with E-state index in [2.05, 4.69) is 0 Å². The molecule has 148 valence electrons. The van der Waals surface area contributed by atoms with Gasteiger partial charge in [0.1, 0.15) is 11.5 Å². The molecule has 8 heteroatoms. The molecule has 0 unspecified atom stereocenters. The maximum Gasteiger partial charge on any atom is 0.338 e. The molecule has 7 nitrogen and oxygen atoms in total. The van der Waals surface area contributed by atoms with E-state index in [9.17, 15) is 18.0 Å². The van der Waals surface area contributed by atoms with Crippen molar-refractivity contribution in [3.05, 3.63) is 59.2 Å². The zero-order chi connectivity index (χ0) is 20.9. The summed E-state index contributed by atoms with van der Waals surface area (Å²) in [6.07, 6.45) is 4.46. The van der Waals surface area contributed by atoms with E-state index >= 15 is 0 Å². The molecule has 2 aromatic rings. The lowest BCUT2D eigenvalue weighted by Crippen LogP contribution is -2.09. The van der Waals surface area contributed by atoms with Gasteiger partial charge in [-0.25, -0.2) is 18.0 Å². The second-order valence-electron chi connectivity index (χ2n) is 5.76. The summed E-state index contributed by atoms with van der Waals surface area (Å²) in [5.41, 5.74) is 0.652. The number of hydrogen-bond donors (Lipinski definition) is 0. The van der Waals surface area contributed by atoms with Crippen LogP contribution in [0.25, 0.3) is 6.08 Å². The Morgan fingerprint density at radius 1 is 0.964 bits per heavy atom. The lowest BCUT2D eigenvalue weighted by atomic mass is 10.0. The highest BCUT2D eigenvalue weighted by Crippen LogP contribution is 2.32. The number of carbonyl (C=O) groups excluding carboxylic acids is 2. The zero-order valence-corrected chi connectivity index (χ0v) is 16.7. The van der Waals surface area contributed by atoms with Crippen LogP contribution in [-0.4, -0.2) is 40.8 Å². The van der Waals surface area contributed by atoms with Crippen LogP contribution in [0.3, 0.4) is 0 Å². The molecule has 0 spiro atoms. The summed E-state index contributed by atoms with van der Waals surface area (Å²) in [5.74, 6) is -0.741. The summed E-state index contributed by atoms with van der Waals surface area (Å²) in [4.78, 5) is 24.3. The summed E-state index contributed by atoms with van der Waals surface area (Å²) < 4.78 is 38.6. The Balaban J connectivity index is 2.59. The number of allylic oxidation sites excluding steroid dienone is 1. The van der Waals surface area contributed by atoms with Crippen LogP contribution in [0.4, 0.5) is 0 Å². The van der Waals surface area contributed by atoms with Crippen molar-refractivity contribution < 1.29 is 32.2 Å². The molecule has 0 aliphatic heterocycles. The Labute approximate surface area is 163 Å². The molecule has 0 saturated carbocycles. The normalized spacial score (nSPS) is 11.3. The van der Waals surface area contributed by atoms with Crippen molar-refractivity contribution in [2.45, 2.75) is 11.8 Å². The average molecular weight is 404 g/mol. The predicted molar refractivity (Wildman–Crippen MR) is 103 cm³/mol. The van der Waals surface area contributed by atoms with Crippen LogP contribution in [0.5, 0.6) is 11.5 Å². The van der Waals surface area contributed by atoms with E-state index in [0.29, 0.717) is 11.3 Å². The summed E-state index contributed by atoms with van der Waals surface area (Å²) >= 11 is 0. The highest BCUT2D eigenvalue weighted by atomic mass is 32.2. The Kier molecular flexibility index (Phi) is 6.58. The maximum absolute atomic E-state index is 12.2. The molecule has 0 N–H and O–H groups in total. The van der Waals surface area contributed by atoms with Gasteiger partial charge in [-0.05, 0) is 43.3 Å². The lowest BCUT2D eigenvalue weighted by Gasteiger charge is -2.14. The van der Waals surface area contributed by atoms with Crippen molar-refractivity contribution in [1.29, 1.82) is 0 Å². The second-order valence-corrected chi connectivity index (χ2v) is 7.78. The van der Waals surface area contributed by atoms with Crippen molar-refractivity contribution in [3.8, 4) is 11.5 Å². The van der Waals surface area contributed by atoms with Crippen molar-refractivity contribution in [2.75, 3.05) is 20.5 Å². The third-order valence-electron chi connectivity index (χ3n) is 3.78. The van der Waals surface area contributed by atoms with Crippen LogP contribution in [0.15, 0.2) is 47.4 Å². The van der Waals surface area contributed by atoms with Crippen molar-refractivity contribution in [1.82, 2.24) is 0 Å². The molecule has 2 rings (SSSR count). The molecule has 0 aliphatic rings. The van der Waals surface area contributed by atoms with E-state index in [0.717, 1.165) is 6.26 Å². The van der Waals surface area contributed by atoms with Gasteiger partial charge in [-0.1, -0.05) is 12.2 Å². The molecule has 0 bridgehead atoms. The first kappa shape index (κ1) is 21.2. The molecular formula is C20H20O7S. The summed E-state index contributed by atoms with van der Waals surface area (Å²) in [6.45, 7) is 1.76. The molecule has 0 heterocycles. The molecule has 0 atom stereocenters. The monoisotopic (exact) mass is 404 g/mol. The van der Waals surface area contributed by atoms with Crippen LogP contribution in [0.1, 0.15) is 33.2 Å². The molecule has 0 aromatic heterocycles. The van der Waals surface area contributed by atoms with Crippen molar-refractivity contribution in [2.24, 2.45) is 0 Å². The number of carbonyl (C=O) groups is 2. The average Bonchev–Trinajstić information content (AvgIpc) is 2.67. The zero-order valence-electron chi connectivity index (χ0n) is 15.9. The van der Waals surface area contributed by atoms with Crippen molar-refractivity contribution in [3.63, 3.8) is 0 Å². The van der Waals surface area contributed by atoms with Crippen LogP contribution in [0, 0.1) is 0 Å². The molecular weight excluding hydrogens is 384 g/mol. The van der Waals surface area contributed by atoms with Crippen molar-refractivity contribution >= 4 is 27.9 Å². The van der Waals surface area contributed by atoms with Gasteiger partial charge >= 0.3 is 11.9 Å². The molecule has 0 radical (unpaired) electrons. The first-order valence-corrected chi connectivity index (χ1v) is 10.1. The van der Waals surface area contributed by atoms with Gasteiger partial charge < -0.3 is 14.2 Å². The standard InChI is InChI=1S/C20H20O7S/c1-5-6-16-17(20(22)26-3)11-13(19(21)25-2)12-18(16)27-14-7-9-15(10-8-14)28(4,23)24/h5-12H,1-4H3/b6-5+. The second kappa shape index (κ2) is 8.71. The topological polar surface area (TPSA) is 96.0 Å². The third kappa shape index (κ3) is 4.77. The van der Waals surface area contributed by atoms with Gasteiger partial charge in [0, 0.05) is 11.8 Å².